The second-order valence-electron chi connectivity index (χ2n) is 5.59. The number of carboxylic acid groups (broad SMARTS) is 1. The molecule has 3 heteroatoms. The molecule has 0 amide bonds. The molecule has 0 unspecified atom stereocenters. The lowest BCUT2D eigenvalue weighted by Gasteiger charge is -2.50. The zero-order valence-corrected chi connectivity index (χ0v) is 12.2. The zero-order chi connectivity index (χ0) is 13.8. The molecule has 0 saturated carbocycles. The fourth-order valence-electron chi connectivity index (χ4n) is 3.21. The molecule has 1 aliphatic rings. The molecule has 0 aromatic carbocycles. The maximum Gasteiger partial charge on any atom is 0.328 e. The summed E-state index contributed by atoms with van der Waals surface area (Å²) in [7, 11) is 0. The largest absolute Gasteiger partial charge is 0.478 e. The molecule has 2 N–H and O–H groups in total. The molecule has 0 bridgehead atoms. The van der Waals surface area contributed by atoms with E-state index in [2.05, 4.69) is 33.0 Å². The van der Waals surface area contributed by atoms with Gasteiger partial charge in [0.1, 0.15) is 0 Å². The molecule has 1 fully saturated rings. The summed E-state index contributed by atoms with van der Waals surface area (Å²) in [6.45, 7) is 8.76. The first-order valence-electron chi connectivity index (χ1n) is 7.16. The minimum atomic E-state index is -0.811. The lowest BCUT2D eigenvalue weighted by molar-refractivity contribution is -0.131. The van der Waals surface area contributed by atoms with Gasteiger partial charge in [-0.3, -0.25) is 0 Å². The Morgan fingerprint density at radius 3 is 1.78 bits per heavy atom. The summed E-state index contributed by atoms with van der Waals surface area (Å²) in [5.41, 5.74) is 1.24. The highest BCUT2D eigenvalue weighted by atomic mass is 16.4. The maximum absolute atomic E-state index is 10.9. The van der Waals surface area contributed by atoms with E-state index in [0.29, 0.717) is 0 Å². The van der Waals surface area contributed by atoms with Crippen LogP contribution in [0.5, 0.6) is 0 Å². The summed E-state index contributed by atoms with van der Waals surface area (Å²) in [4.78, 5) is 10.9. The fourth-order valence-corrected chi connectivity index (χ4v) is 3.21. The van der Waals surface area contributed by atoms with E-state index in [0.717, 1.165) is 44.1 Å². The van der Waals surface area contributed by atoms with Crippen LogP contribution in [0.25, 0.3) is 0 Å². The lowest BCUT2D eigenvalue weighted by Crippen LogP contribution is -2.61. The maximum atomic E-state index is 10.9. The molecule has 18 heavy (non-hydrogen) atoms. The van der Waals surface area contributed by atoms with Crippen LogP contribution < -0.4 is 5.32 Å². The SMILES string of the molecule is CCC1(CC)CC(=CC(=O)O)CC(CC)(CC)N1. The van der Waals surface area contributed by atoms with Crippen molar-refractivity contribution in [2.45, 2.75) is 77.3 Å². The average molecular weight is 253 g/mol. The van der Waals surface area contributed by atoms with Crippen molar-refractivity contribution >= 4 is 5.97 Å². The third-order valence-corrected chi connectivity index (χ3v) is 4.70. The molecule has 0 atom stereocenters. The van der Waals surface area contributed by atoms with Crippen molar-refractivity contribution < 1.29 is 9.90 Å². The van der Waals surface area contributed by atoms with Gasteiger partial charge in [-0.15, -0.1) is 0 Å². The van der Waals surface area contributed by atoms with Crippen LogP contribution in [0.2, 0.25) is 0 Å². The molecule has 1 heterocycles. The van der Waals surface area contributed by atoms with Gasteiger partial charge >= 0.3 is 5.97 Å². The smallest absolute Gasteiger partial charge is 0.328 e. The number of rotatable bonds is 5. The number of piperidine rings is 1. The number of carbonyl (C=O) groups is 1. The summed E-state index contributed by atoms with van der Waals surface area (Å²) in [6.07, 6.45) is 7.35. The Morgan fingerprint density at radius 1 is 1.11 bits per heavy atom. The van der Waals surface area contributed by atoms with Gasteiger partial charge < -0.3 is 10.4 Å². The van der Waals surface area contributed by atoms with Crippen LogP contribution in [-0.2, 0) is 4.79 Å². The van der Waals surface area contributed by atoms with Gasteiger partial charge in [0.05, 0.1) is 0 Å². The number of carboxylic acids is 1. The molecule has 1 rings (SSSR count). The van der Waals surface area contributed by atoms with Gasteiger partial charge in [0.25, 0.3) is 0 Å². The Morgan fingerprint density at radius 2 is 1.50 bits per heavy atom. The number of hydrogen-bond donors (Lipinski definition) is 2. The quantitative estimate of drug-likeness (QED) is 0.737. The van der Waals surface area contributed by atoms with Crippen LogP contribution in [0.15, 0.2) is 11.6 Å². The minimum Gasteiger partial charge on any atom is -0.478 e. The number of hydrogen-bond acceptors (Lipinski definition) is 2. The molecule has 0 aliphatic carbocycles. The highest BCUT2D eigenvalue weighted by Gasteiger charge is 2.42. The Balaban J connectivity index is 3.10. The summed E-state index contributed by atoms with van der Waals surface area (Å²) >= 11 is 0. The summed E-state index contributed by atoms with van der Waals surface area (Å²) in [6, 6.07) is 0. The van der Waals surface area contributed by atoms with Crippen LogP contribution in [0.1, 0.15) is 66.2 Å². The Kier molecular flexibility index (Phi) is 4.97. The van der Waals surface area contributed by atoms with E-state index >= 15 is 0 Å². The molecule has 3 nitrogen and oxygen atoms in total. The molecule has 104 valence electrons. The second kappa shape index (κ2) is 5.87. The molecular weight excluding hydrogens is 226 g/mol. The van der Waals surface area contributed by atoms with Crippen molar-refractivity contribution in [3.05, 3.63) is 11.6 Å². The highest BCUT2D eigenvalue weighted by Crippen LogP contribution is 2.39. The topological polar surface area (TPSA) is 49.3 Å². The van der Waals surface area contributed by atoms with Crippen molar-refractivity contribution in [3.8, 4) is 0 Å². The van der Waals surface area contributed by atoms with Gasteiger partial charge in [-0.2, -0.15) is 0 Å². The summed E-state index contributed by atoms with van der Waals surface area (Å²) < 4.78 is 0. The van der Waals surface area contributed by atoms with Crippen LogP contribution in [-0.4, -0.2) is 22.2 Å². The first kappa shape index (κ1) is 15.2. The van der Waals surface area contributed by atoms with Crippen molar-refractivity contribution in [3.63, 3.8) is 0 Å². The lowest BCUT2D eigenvalue weighted by atomic mass is 9.71. The standard InChI is InChI=1S/C15H27NO2/c1-5-14(6-2)10-12(9-13(17)18)11-15(7-3,8-4)16-14/h9,16H,5-8,10-11H2,1-4H3,(H,17,18). The molecular formula is C15H27NO2. The first-order valence-corrected chi connectivity index (χ1v) is 7.16. The number of nitrogens with one attached hydrogen (secondary N) is 1. The summed E-state index contributed by atoms with van der Waals surface area (Å²) in [5.74, 6) is -0.811. The highest BCUT2D eigenvalue weighted by molar-refractivity contribution is 5.80. The normalized spacial score (nSPS) is 21.7. The Hall–Kier alpha value is -0.830. The van der Waals surface area contributed by atoms with E-state index in [4.69, 9.17) is 5.11 Å². The van der Waals surface area contributed by atoms with Crippen LogP contribution in [0.3, 0.4) is 0 Å². The third kappa shape index (κ3) is 3.14. The first-order chi connectivity index (χ1) is 8.44. The Labute approximate surface area is 111 Å². The Bertz CT molecular complexity index is 303. The van der Waals surface area contributed by atoms with Gasteiger partial charge in [0.2, 0.25) is 0 Å². The molecule has 0 aromatic heterocycles. The third-order valence-electron chi connectivity index (χ3n) is 4.70. The fraction of sp³-hybridized carbons (Fsp3) is 0.800. The van der Waals surface area contributed by atoms with E-state index in [1.807, 2.05) is 0 Å². The van der Waals surface area contributed by atoms with E-state index in [-0.39, 0.29) is 11.1 Å². The number of aliphatic carboxylic acids is 1. The predicted octanol–water partition coefficient (Wildman–Crippen LogP) is 3.50. The average Bonchev–Trinajstić information content (AvgIpc) is 2.37. The zero-order valence-electron chi connectivity index (χ0n) is 12.2. The van der Waals surface area contributed by atoms with Gasteiger partial charge in [0.15, 0.2) is 0 Å². The van der Waals surface area contributed by atoms with Crippen molar-refractivity contribution in [2.24, 2.45) is 0 Å². The molecule has 1 aliphatic heterocycles. The van der Waals surface area contributed by atoms with Crippen molar-refractivity contribution in [1.82, 2.24) is 5.32 Å². The summed E-state index contributed by atoms with van der Waals surface area (Å²) in [5, 5.41) is 12.8. The van der Waals surface area contributed by atoms with Crippen molar-refractivity contribution in [1.29, 1.82) is 0 Å². The van der Waals surface area contributed by atoms with Crippen LogP contribution in [0.4, 0.5) is 0 Å². The van der Waals surface area contributed by atoms with E-state index < -0.39 is 5.97 Å². The molecule has 0 spiro atoms. The van der Waals surface area contributed by atoms with E-state index in [1.54, 1.807) is 0 Å². The van der Waals surface area contributed by atoms with Gasteiger partial charge in [-0.1, -0.05) is 33.3 Å². The van der Waals surface area contributed by atoms with Crippen LogP contribution >= 0.6 is 0 Å². The predicted molar refractivity (Wildman–Crippen MR) is 74.7 cm³/mol. The minimum absolute atomic E-state index is 0.0750. The molecule has 0 radical (unpaired) electrons. The monoisotopic (exact) mass is 253 g/mol. The van der Waals surface area contributed by atoms with Gasteiger partial charge in [0, 0.05) is 17.2 Å². The van der Waals surface area contributed by atoms with Gasteiger partial charge in [-0.25, -0.2) is 4.79 Å². The van der Waals surface area contributed by atoms with E-state index in [9.17, 15) is 4.79 Å². The van der Waals surface area contributed by atoms with E-state index in [1.165, 1.54) is 6.08 Å². The molecule has 1 saturated heterocycles. The van der Waals surface area contributed by atoms with Crippen LogP contribution in [0, 0.1) is 0 Å². The van der Waals surface area contributed by atoms with Gasteiger partial charge in [-0.05, 0) is 38.5 Å². The second-order valence-corrected chi connectivity index (χ2v) is 5.59. The van der Waals surface area contributed by atoms with Crippen molar-refractivity contribution in [2.75, 3.05) is 0 Å². The molecule has 0 aromatic rings.